The molecule has 0 saturated heterocycles. The number of nitrogens with one attached hydrogen (secondary N) is 1. The highest BCUT2D eigenvalue weighted by atomic mass is 35.5. The molecule has 98 valence electrons. The van der Waals surface area contributed by atoms with Crippen molar-refractivity contribution in [2.24, 2.45) is 0 Å². The Morgan fingerprint density at radius 1 is 1.37 bits per heavy atom. The van der Waals surface area contributed by atoms with E-state index in [1.807, 2.05) is 0 Å². The van der Waals surface area contributed by atoms with Crippen LogP contribution < -0.4 is 5.32 Å². The summed E-state index contributed by atoms with van der Waals surface area (Å²) in [5, 5.41) is 13.0. The smallest absolute Gasteiger partial charge is 0.288 e. The second-order valence-corrected chi connectivity index (χ2v) is 4.13. The number of nitro groups is 1. The largest absolute Gasteiger partial charge is 0.338 e. The Bertz CT molecular complexity index is 653. The number of rotatable bonds is 3. The number of benzene rings is 1. The number of anilines is 2. The van der Waals surface area contributed by atoms with Gasteiger partial charge in [0, 0.05) is 11.8 Å². The van der Waals surface area contributed by atoms with Crippen LogP contribution in [0.1, 0.15) is 0 Å². The van der Waals surface area contributed by atoms with E-state index in [0.29, 0.717) is 5.69 Å². The van der Waals surface area contributed by atoms with Crippen molar-refractivity contribution in [1.29, 1.82) is 0 Å². The van der Waals surface area contributed by atoms with Gasteiger partial charge < -0.3 is 5.32 Å². The van der Waals surface area contributed by atoms with Gasteiger partial charge in [-0.1, -0.05) is 11.6 Å². The standard InChI is InChI=1S/C10H5Cl2FN4O2/c11-6-3-5(1-2-8(6)17(18)19)15-9-7(13)4-14-10(12)16-9/h1-4H,(H,14,15,16). The van der Waals surface area contributed by atoms with Crippen molar-refractivity contribution in [3.63, 3.8) is 0 Å². The van der Waals surface area contributed by atoms with Gasteiger partial charge in [0.2, 0.25) is 5.28 Å². The lowest BCUT2D eigenvalue weighted by Gasteiger charge is -2.06. The van der Waals surface area contributed by atoms with Gasteiger partial charge >= 0.3 is 0 Å². The Kier molecular flexibility index (Phi) is 3.77. The molecule has 2 aromatic rings. The summed E-state index contributed by atoms with van der Waals surface area (Å²) in [4.78, 5) is 17.1. The van der Waals surface area contributed by atoms with Crippen molar-refractivity contribution in [2.75, 3.05) is 5.32 Å². The van der Waals surface area contributed by atoms with Crippen LogP contribution in [0.4, 0.5) is 21.6 Å². The Morgan fingerprint density at radius 2 is 2.11 bits per heavy atom. The first kappa shape index (κ1) is 13.4. The molecular formula is C10H5Cl2FN4O2. The number of aromatic nitrogens is 2. The van der Waals surface area contributed by atoms with Crippen molar-refractivity contribution in [3.8, 4) is 0 Å². The summed E-state index contributed by atoms with van der Waals surface area (Å²) in [6.07, 6.45) is 0.907. The fraction of sp³-hybridized carbons (Fsp3) is 0. The summed E-state index contributed by atoms with van der Waals surface area (Å²) >= 11 is 11.3. The highest BCUT2D eigenvalue weighted by Gasteiger charge is 2.13. The number of nitrogens with zero attached hydrogens (tertiary/aromatic N) is 3. The number of hydrogen-bond acceptors (Lipinski definition) is 5. The maximum Gasteiger partial charge on any atom is 0.288 e. The molecule has 1 heterocycles. The summed E-state index contributed by atoms with van der Waals surface area (Å²) < 4.78 is 13.4. The monoisotopic (exact) mass is 302 g/mol. The molecule has 1 aromatic heterocycles. The minimum atomic E-state index is -0.709. The SMILES string of the molecule is O=[N+]([O-])c1ccc(Nc2nc(Cl)ncc2F)cc1Cl. The lowest BCUT2D eigenvalue weighted by Crippen LogP contribution is -1.99. The quantitative estimate of drug-likeness (QED) is 0.532. The molecule has 0 aliphatic carbocycles. The van der Waals surface area contributed by atoms with E-state index in [1.54, 1.807) is 0 Å². The molecule has 0 aliphatic heterocycles. The Balaban J connectivity index is 2.31. The zero-order valence-electron chi connectivity index (χ0n) is 9.10. The summed E-state index contributed by atoms with van der Waals surface area (Å²) in [5.74, 6) is -0.858. The number of halogens is 3. The van der Waals surface area contributed by atoms with E-state index in [0.717, 1.165) is 6.20 Å². The molecule has 0 bridgehead atoms. The average molecular weight is 303 g/mol. The van der Waals surface area contributed by atoms with Gasteiger partial charge in [0.15, 0.2) is 11.6 Å². The average Bonchev–Trinajstić information content (AvgIpc) is 2.33. The van der Waals surface area contributed by atoms with Crippen LogP contribution in [0, 0.1) is 15.9 Å². The van der Waals surface area contributed by atoms with Crippen LogP contribution in [0.25, 0.3) is 0 Å². The first-order valence-corrected chi connectivity index (χ1v) is 5.62. The van der Waals surface area contributed by atoms with Gasteiger partial charge in [0.1, 0.15) is 5.02 Å². The normalized spacial score (nSPS) is 10.3. The summed E-state index contributed by atoms with van der Waals surface area (Å²) in [5.41, 5.74) is 0.0951. The fourth-order valence-electron chi connectivity index (χ4n) is 1.30. The maximum absolute atomic E-state index is 13.4. The molecule has 9 heteroatoms. The highest BCUT2D eigenvalue weighted by Crippen LogP contribution is 2.29. The summed E-state index contributed by atoms with van der Waals surface area (Å²) in [6, 6.07) is 3.86. The lowest BCUT2D eigenvalue weighted by molar-refractivity contribution is -0.384. The van der Waals surface area contributed by atoms with Gasteiger partial charge in [-0.25, -0.2) is 9.37 Å². The van der Waals surface area contributed by atoms with Crippen molar-refractivity contribution >= 4 is 40.4 Å². The van der Waals surface area contributed by atoms with Gasteiger partial charge in [-0.2, -0.15) is 4.98 Å². The molecule has 0 aliphatic rings. The molecule has 0 atom stereocenters. The Hall–Kier alpha value is -1.99. The van der Waals surface area contributed by atoms with E-state index in [2.05, 4.69) is 15.3 Å². The van der Waals surface area contributed by atoms with E-state index in [-0.39, 0.29) is 21.8 Å². The Morgan fingerprint density at radius 3 is 2.74 bits per heavy atom. The van der Waals surface area contributed by atoms with Gasteiger partial charge in [0.05, 0.1) is 11.1 Å². The van der Waals surface area contributed by atoms with E-state index in [4.69, 9.17) is 23.2 Å². The molecule has 1 N–H and O–H groups in total. The zero-order chi connectivity index (χ0) is 14.0. The molecule has 0 saturated carbocycles. The minimum absolute atomic E-state index is 0.0736. The van der Waals surface area contributed by atoms with Crippen LogP contribution in [0.5, 0.6) is 0 Å². The van der Waals surface area contributed by atoms with Gasteiger partial charge in [-0.05, 0) is 23.7 Å². The van der Waals surface area contributed by atoms with Crippen LogP contribution in [0.3, 0.4) is 0 Å². The molecular weight excluding hydrogens is 298 g/mol. The minimum Gasteiger partial charge on any atom is -0.338 e. The second kappa shape index (κ2) is 5.33. The fourth-order valence-corrected chi connectivity index (χ4v) is 1.69. The van der Waals surface area contributed by atoms with E-state index in [1.165, 1.54) is 18.2 Å². The van der Waals surface area contributed by atoms with Gasteiger partial charge in [0.25, 0.3) is 5.69 Å². The number of hydrogen-bond donors (Lipinski definition) is 1. The van der Waals surface area contributed by atoms with Crippen LogP contribution in [-0.2, 0) is 0 Å². The summed E-state index contributed by atoms with van der Waals surface area (Å²) in [6.45, 7) is 0. The third-order valence-corrected chi connectivity index (χ3v) is 2.61. The Labute approximate surface area is 116 Å². The first-order chi connectivity index (χ1) is 8.97. The highest BCUT2D eigenvalue weighted by molar-refractivity contribution is 6.33. The van der Waals surface area contributed by atoms with Crippen molar-refractivity contribution in [2.45, 2.75) is 0 Å². The summed E-state index contributed by atoms with van der Waals surface area (Å²) in [7, 11) is 0. The molecule has 2 rings (SSSR count). The van der Waals surface area contributed by atoms with Gasteiger partial charge in [-0.15, -0.1) is 0 Å². The van der Waals surface area contributed by atoms with Crippen LogP contribution >= 0.6 is 23.2 Å². The molecule has 19 heavy (non-hydrogen) atoms. The molecule has 0 spiro atoms. The van der Waals surface area contributed by atoms with Crippen molar-refractivity contribution < 1.29 is 9.31 Å². The predicted octanol–water partition coefficient (Wildman–Crippen LogP) is 3.57. The second-order valence-electron chi connectivity index (χ2n) is 3.38. The molecule has 1 aromatic carbocycles. The molecule has 0 amide bonds. The van der Waals surface area contributed by atoms with Gasteiger partial charge in [-0.3, -0.25) is 10.1 Å². The topological polar surface area (TPSA) is 81.0 Å². The van der Waals surface area contributed by atoms with E-state index < -0.39 is 10.7 Å². The van der Waals surface area contributed by atoms with Crippen molar-refractivity contribution in [1.82, 2.24) is 9.97 Å². The van der Waals surface area contributed by atoms with Crippen LogP contribution in [0.15, 0.2) is 24.4 Å². The molecule has 0 radical (unpaired) electrons. The number of nitro benzene ring substituents is 1. The zero-order valence-corrected chi connectivity index (χ0v) is 10.6. The predicted molar refractivity (Wildman–Crippen MR) is 68.4 cm³/mol. The third kappa shape index (κ3) is 3.07. The maximum atomic E-state index is 13.4. The van der Waals surface area contributed by atoms with Crippen molar-refractivity contribution in [3.05, 3.63) is 50.6 Å². The van der Waals surface area contributed by atoms with Crippen LogP contribution in [-0.4, -0.2) is 14.9 Å². The lowest BCUT2D eigenvalue weighted by atomic mass is 10.3. The van der Waals surface area contributed by atoms with E-state index >= 15 is 0 Å². The molecule has 0 fully saturated rings. The third-order valence-electron chi connectivity index (χ3n) is 2.12. The molecule has 0 unspecified atom stereocenters. The van der Waals surface area contributed by atoms with Crippen LogP contribution in [0.2, 0.25) is 10.3 Å². The first-order valence-electron chi connectivity index (χ1n) is 4.86. The van der Waals surface area contributed by atoms with E-state index in [9.17, 15) is 14.5 Å². The molecule has 6 nitrogen and oxygen atoms in total.